The topological polar surface area (TPSA) is 110 Å². The summed E-state index contributed by atoms with van der Waals surface area (Å²) < 4.78 is 13.4. The first-order valence-electron chi connectivity index (χ1n) is 14.4. The molecule has 4 aromatic rings. The second-order valence-electron chi connectivity index (χ2n) is 12.7. The first-order valence-corrected chi connectivity index (χ1v) is 14.4. The number of hydrogen-bond acceptors (Lipinski definition) is 6. The molecule has 2 N–H and O–H groups in total. The van der Waals surface area contributed by atoms with Crippen molar-refractivity contribution in [2.75, 3.05) is 13.1 Å². The van der Waals surface area contributed by atoms with Crippen molar-refractivity contribution in [2.24, 2.45) is 13.0 Å². The van der Waals surface area contributed by atoms with Crippen LogP contribution in [0.5, 0.6) is 11.5 Å². The minimum absolute atomic E-state index is 0.116. The Hall–Kier alpha value is -4.11. The number of carbonyl (C=O) groups is 1. The van der Waals surface area contributed by atoms with Crippen molar-refractivity contribution < 1.29 is 19.4 Å². The molecule has 222 valence electrons. The van der Waals surface area contributed by atoms with E-state index in [1.165, 1.54) is 0 Å². The van der Waals surface area contributed by atoms with E-state index >= 15 is 0 Å². The van der Waals surface area contributed by atoms with Gasteiger partial charge in [0.15, 0.2) is 0 Å². The van der Waals surface area contributed by atoms with Gasteiger partial charge in [0.2, 0.25) is 0 Å². The van der Waals surface area contributed by atoms with Gasteiger partial charge in [0.25, 0.3) is 5.56 Å². The van der Waals surface area contributed by atoms with E-state index in [2.05, 4.69) is 9.97 Å². The maximum Gasteiger partial charge on any atom is 0.410 e. The normalized spacial score (nSPS) is 14.8. The molecule has 0 saturated carbocycles. The Morgan fingerprint density at radius 1 is 1.07 bits per heavy atom. The fraction of sp³-hybridized carbons (Fsp3) is 0.424. The third-order valence-corrected chi connectivity index (χ3v) is 7.66. The average molecular weight is 573 g/mol. The maximum absolute atomic E-state index is 12.7. The van der Waals surface area contributed by atoms with Crippen molar-refractivity contribution in [2.45, 2.75) is 65.1 Å². The van der Waals surface area contributed by atoms with Crippen molar-refractivity contribution in [1.82, 2.24) is 19.4 Å². The standard InChI is InChI=1S/C33H40N4O5/c1-32(2,3)42-31(39)37-15-12-21(13-16-37)17-23-8-9-24(19-35-23)41-28-10-7-22(33(4,5)40)18-26(28)27-20-36(6)30(38)29-25(27)11-14-34-29/h7-11,14,18-21,34,40H,12-13,15-17H2,1-6H3. The summed E-state index contributed by atoms with van der Waals surface area (Å²) in [6.07, 6.45) is 7.67. The van der Waals surface area contributed by atoms with Crippen LogP contribution < -0.4 is 10.3 Å². The van der Waals surface area contributed by atoms with Crippen molar-refractivity contribution in [3.05, 3.63) is 76.6 Å². The molecule has 9 nitrogen and oxygen atoms in total. The summed E-state index contributed by atoms with van der Waals surface area (Å²) in [6.45, 7) is 10.5. The Balaban J connectivity index is 1.33. The van der Waals surface area contributed by atoms with Gasteiger partial charge in [0.05, 0.1) is 11.8 Å². The van der Waals surface area contributed by atoms with Crippen molar-refractivity contribution in [1.29, 1.82) is 0 Å². The number of aliphatic hydroxyl groups is 1. The molecule has 0 atom stereocenters. The van der Waals surface area contributed by atoms with Crippen LogP contribution in [0, 0.1) is 5.92 Å². The number of hydrogen-bond donors (Lipinski definition) is 2. The number of H-pyrrole nitrogens is 1. The summed E-state index contributed by atoms with van der Waals surface area (Å²) >= 11 is 0. The van der Waals surface area contributed by atoms with Crippen LogP contribution in [0.3, 0.4) is 0 Å². The highest BCUT2D eigenvalue weighted by molar-refractivity contribution is 5.96. The molecule has 5 rings (SSSR count). The Labute approximate surface area is 246 Å². The lowest BCUT2D eigenvalue weighted by Crippen LogP contribution is -2.42. The molecule has 0 aliphatic carbocycles. The molecule has 0 unspecified atom stereocenters. The van der Waals surface area contributed by atoms with Crippen molar-refractivity contribution in [3.63, 3.8) is 0 Å². The van der Waals surface area contributed by atoms with Crippen LogP contribution >= 0.6 is 0 Å². The molecule has 1 aliphatic rings. The van der Waals surface area contributed by atoms with Crippen LogP contribution in [0.25, 0.3) is 22.0 Å². The summed E-state index contributed by atoms with van der Waals surface area (Å²) in [7, 11) is 1.72. The van der Waals surface area contributed by atoms with E-state index in [-0.39, 0.29) is 11.7 Å². The van der Waals surface area contributed by atoms with Crippen LogP contribution in [0.4, 0.5) is 4.79 Å². The maximum atomic E-state index is 12.7. The molecule has 1 saturated heterocycles. The van der Waals surface area contributed by atoms with E-state index in [0.717, 1.165) is 47.0 Å². The fourth-order valence-electron chi connectivity index (χ4n) is 5.35. The zero-order chi connectivity index (χ0) is 30.2. The molecule has 4 heterocycles. The number of benzene rings is 1. The highest BCUT2D eigenvalue weighted by Gasteiger charge is 2.27. The van der Waals surface area contributed by atoms with Crippen molar-refractivity contribution in [3.8, 4) is 22.6 Å². The molecule has 1 amide bonds. The molecule has 0 radical (unpaired) electrons. The van der Waals surface area contributed by atoms with Gasteiger partial charge in [-0.1, -0.05) is 6.07 Å². The summed E-state index contributed by atoms with van der Waals surface area (Å²) in [5, 5.41) is 11.5. The number of ether oxygens (including phenoxy) is 2. The van der Waals surface area contributed by atoms with Gasteiger partial charge in [0.1, 0.15) is 22.6 Å². The number of piperidine rings is 1. The van der Waals surface area contributed by atoms with Crippen LogP contribution in [-0.2, 0) is 23.8 Å². The number of aromatic amines is 1. The zero-order valence-corrected chi connectivity index (χ0v) is 25.2. The SMILES string of the molecule is Cn1cc(-c2cc(C(C)(C)O)ccc2Oc2ccc(CC3CCN(C(=O)OC(C)(C)C)CC3)nc2)c2cc[nH]c2c1=O. The monoisotopic (exact) mass is 572 g/mol. The number of likely N-dealkylation sites (tertiary alicyclic amines) is 1. The summed E-state index contributed by atoms with van der Waals surface area (Å²) in [6, 6.07) is 11.4. The average Bonchev–Trinajstić information content (AvgIpc) is 3.41. The molecule has 42 heavy (non-hydrogen) atoms. The third-order valence-electron chi connectivity index (χ3n) is 7.66. The zero-order valence-electron chi connectivity index (χ0n) is 25.2. The first kappa shape index (κ1) is 29.4. The van der Waals surface area contributed by atoms with Gasteiger partial charge in [0, 0.05) is 54.7 Å². The minimum Gasteiger partial charge on any atom is -0.455 e. The smallest absolute Gasteiger partial charge is 0.410 e. The van der Waals surface area contributed by atoms with Gasteiger partial charge in [-0.25, -0.2) is 4.79 Å². The van der Waals surface area contributed by atoms with Gasteiger partial charge >= 0.3 is 6.09 Å². The number of nitrogens with zero attached hydrogens (tertiary/aromatic N) is 3. The molecule has 1 aliphatic heterocycles. The Morgan fingerprint density at radius 3 is 2.45 bits per heavy atom. The lowest BCUT2D eigenvalue weighted by atomic mass is 9.92. The fourth-order valence-corrected chi connectivity index (χ4v) is 5.35. The number of pyridine rings is 2. The quantitative estimate of drug-likeness (QED) is 0.287. The number of aryl methyl sites for hydroxylation is 1. The minimum atomic E-state index is -1.06. The highest BCUT2D eigenvalue weighted by Crippen LogP contribution is 2.39. The van der Waals surface area contributed by atoms with Crippen LogP contribution in [0.15, 0.2) is 59.8 Å². The van der Waals surface area contributed by atoms with E-state index in [9.17, 15) is 14.7 Å². The lowest BCUT2D eigenvalue weighted by Gasteiger charge is -2.33. The van der Waals surface area contributed by atoms with Gasteiger partial charge in [-0.05, 0) is 95.7 Å². The predicted octanol–water partition coefficient (Wildman–Crippen LogP) is 6.14. The molecule has 9 heteroatoms. The van der Waals surface area contributed by atoms with E-state index < -0.39 is 11.2 Å². The first-order chi connectivity index (χ1) is 19.8. The third kappa shape index (κ3) is 6.51. The number of amides is 1. The highest BCUT2D eigenvalue weighted by atomic mass is 16.6. The van der Waals surface area contributed by atoms with E-state index in [0.29, 0.717) is 36.0 Å². The predicted molar refractivity (Wildman–Crippen MR) is 163 cm³/mol. The van der Waals surface area contributed by atoms with Gasteiger partial charge in [-0.2, -0.15) is 0 Å². The molecule has 1 fully saturated rings. The lowest BCUT2D eigenvalue weighted by molar-refractivity contribution is 0.0184. The number of fused-ring (bicyclic) bond motifs is 1. The summed E-state index contributed by atoms with van der Waals surface area (Å²) in [4.78, 5) is 34.6. The van der Waals surface area contributed by atoms with Crippen molar-refractivity contribution >= 4 is 17.0 Å². The van der Waals surface area contributed by atoms with Gasteiger partial charge in [-0.15, -0.1) is 0 Å². The van der Waals surface area contributed by atoms with E-state index in [1.54, 1.807) is 49.0 Å². The molecule has 1 aromatic carbocycles. The second-order valence-corrected chi connectivity index (χ2v) is 12.7. The molecule has 3 aromatic heterocycles. The van der Waals surface area contributed by atoms with Crippen LogP contribution in [0.1, 0.15) is 58.7 Å². The second kappa shape index (κ2) is 11.3. The Bertz CT molecular complexity index is 1630. The number of aromatic nitrogens is 3. The van der Waals surface area contributed by atoms with E-state index in [4.69, 9.17) is 9.47 Å². The molecular formula is C33H40N4O5. The number of nitrogens with one attached hydrogen (secondary N) is 1. The Morgan fingerprint density at radius 2 is 1.81 bits per heavy atom. The largest absolute Gasteiger partial charge is 0.455 e. The van der Waals surface area contributed by atoms with Crippen LogP contribution in [-0.4, -0.2) is 49.3 Å². The summed E-state index contributed by atoms with van der Waals surface area (Å²) in [5.41, 5.74) is 2.13. The van der Waals surface area contributed by atoms with Gasteiger partial charge in [-0.3, -0.25) is 9.78 Å². The molecule has 0 bridgehead atoms. The van der Waals surface area contributed by atoms with Crippen LogP contribution in [0.2, 0.25) is 0 Å². The van der Waals surface area contributed by atoms with E-state index in [1.807, 2.05) is 57.2 Å². The number of rotatable bonds is 6. The Kier molecular flexibility index (Phi) is 7.90. The molecular weight excluding hydrogens is 532 g/mol. The summed E-state index contributed by atoms with van der Waals surface area (Å²) in [5.74, 6) is 1.62. The number of carbonyl (C=O) groups excluding carboxylic acids is 1. The van der Waals surface area contributed by atoms with Gasteiger partial charge < -0.3 is 29.0 Å². The molecule has 0 spiro atoms.